The van der Waals surface area contributed by atoms with Crippen molar-refractivity contribution >= 4 is 40.3 Å². The Morgan fingerprint density at radius 2 is 1.54 bits per heavy atom. The number of ether oxygens (including phenoxy) is 3. The molecule has 0 saturated carbocycles. The summed E-state index contributed by atoms with van der Waals surface area (Å²) >= 11 is 3.31. The lowest BCUT2D eigenvalue weighted by molar-refractivity contribution is -0.141. The van der Waals surface area contributed by atoms with E-state index in [0.29, 0.717) is 11.9 Å². The Kier molecular flexibility index (Phi) is 7.42. The number of esters is 1. The number of thioether (sulfide) groups is 2. The fourth-order valence-electron chi connectivity index (χ4n) is 2.33. The Bertz CT molecular complexity index is 703. The lowest BCUT2D eigenvalue weighted by Crippen LogP contribution is -2.10. The third-order valence-corrected chi connectivity index (χ3v) is 5.78. The highest BCUT2D eigenvalue weighted by Crippen LogP contribution is 2.35. The van der Waals surface area contributed by atoms with Gasteiger partial charge in [0.15, 0.2) is 0 Å². The van der Waals surface area contributed by atoms with Crippen LogP contribution >= 0.6 is 23.5 Å². The summed E-state index contributed by atoms with van der Waals surface area (Å²) in [4.78, 5) is 14.1. The second-order valence-corrected chi connectivity index (χ2v) is 7.18. The number of hydrogen-bond donors (Lipinski definition) is 0. The van der Waals surface area contributed by atoms with E-state index in [9.17, 15) is 4.79 Å². The second kappa shape index (κ2) is 9.32. The molecule has 1 unspecified atom stereocenters. The van der Waals surface area contributed by atoms with Crippen molar-refractivity contribution in [2.24, 2.45) is 0 Å². The molecule has 1 atom stereocenters. The first-order valence-electron chi connectivity index (χ1n) is 7.49. The van der Waals surface area contributed by atoms with Gasteiger partial charge in [0.25, 0.3) is 0 Å². The van der Waals surface area contributed by atoms with Crippen molar-refractivity contribution in [1.82, 2.24) is 0 Å². The minimum absolute atomic E-state index is 0.226. The van der Waals surface area contributed by atoms with E-state index in [0.717, 1.165) is 21.2 Å². The minimum Gasteiger partial charge on any atom is -0.469 e. The highest BCUT2D eigenvalue weighted by molar-refractivity contribution is 8.02. The average molecular weight is 367 g/mol. The predicted octanol–water partition coefficient (Wildman–Crippen LogP) is 4.51. The molecule has 2 aromatic rings. The van der Waals surface area contributed by atoms with Crippen LogP contribution < -0.4 is 0 Å². The maximum Gasteiger partial charge on any atom is 0.312 e. The van der Waals surface area contributed by atoms with E-state index in [4.69, 9.17) is 14.2 Å². The second-order valence-electron chi connectivity index (χ2n) is 5.25. The molecule has 4 nitrogen and oxygen atoms in total. The first-order chi connectivity index (χ1) is 11.6. The molecule has 0 amide bonds. The van der Waals surface area contributed by atoms with Gasteiger partial charge in [0.05, 0.1) is 24.9 Å². The van der Waals surface area contributed by atoms with E-state index in [1.165, 1.54) is 12.0 Å². The van der Waals surface area contributed by atoms with Crippen molar-refractivity contribution in [2.45, 2.75) is 22.6 Å². The van der Waals surface area contributed by atoms with E-state index in [-0.39, 0.29) is 11.9 Å². The molecule has 0 fully saturated rings. The highest BCUT2D eigenvalue weighted by atomic mass is 32.2. The zero-order chi connectivity index (χ0) is 17.5. The van der Waals surface area contributed by atoms with Gasteiger partial charge in [-0.2, -0.15) is 0 Å². The highest BCUT2D eigenvalue weighted by Gasteiger charge is 2.16. The lowest BCUT2D eigenvalue weighted by atomic mass is 9.98. The number of carbonyl (C=O) groups is 1. The van der Waals surface area contributed by atoms with Crippen LogP contribution in [0.1, 0.15) is 18.4 Å². The quantitative estimate of drug-likeness (QED) is 0.389. The molecule has 24 heavy (non-hydrogen) atoms. The van der Waals surface area contributed by atoms with Crippen molar-refractivity contribution in [3.8, 4) is 0 Å². The third kappa shape index (κ3) is 4.66. The molecule has 2 aromatic carbocycles. The van der Waals surface area contributed by atoms with E-state index >= 15 is 0 Å². The number of rotatable bonds is 8. The van der Waals surface area contributed by atoms with Gasteiger partial charge in [-0.1, -0.05) is 41.7 Å². The van der Waals surface area contributed by atoms with Gasteiger partial charge in [-0.05, 0) is 35.4 Å². The summed E-state index contributed by atoms with van der Waals surface area (Å²) in [6, 6.07) is 10.4. The maximum absolute atomic E-state index is 11.8. The number of benzene rings is 2. The Morgan fingerprint density at radius 1 is 0.958 bits per heavy atom. The van der Waals surface area contributed by atoms with Gasteiger partial charge in [-0.25, -0.2) is 0 Å². The summed E-state index contributed by atoms with van der Waals surface area (Å²) in [6.45, 7) is 1.86. The zero-order valence-corrected chi connectivity index (χ0v) is 16.0. The molecule has 0 aliphatic carbocycles. The van der Waals surface area contributed by atoms with Crippen molar-refractivity contribution in [1.29, 1.82) is 0 Å². The molecule has 0 saturated heterocycles. The molecule has 6 heteroatoms. The predicted molar refractivity (Wildman–Crippen MR) is 99.8 cm³/mol. The van der Waals surface area contributed by atoms with Gasteiger partial charge in [-0.15, -0.1) is 0 Å². The molecule has 0 aliphatic rings. The van der Waals surface area contributed by atoms with Crippen molar-refractivity contribution in [2.75, 3.05) is 33.2 Å². The van der Waals surface area contributed by atoms with Crippen LogP contribution in [0.5, 0.6) is 0 Å². The van der Waals surface area contributed by atoms with Crippen LogP contribution in [0, 0.1) is 0 Å². The van der Waals surface area contributed by atoms with Crippen molar-refractivity contribution in [3.05, 3.63) is 35.9 Å². The molecule has 0 heterocycles. The first kappa shape index (κ1) is 19.1. The van der Waals surface area contributed by atoms with Crippen LogP contribution in [-0.2, 0) is 19.0 Å². The standard InChI is InChI=1S/C18H22O4S2/c1-12(18(19)22-4)13-5-6-14-8-16(23-10-20-2)17(24-11-21-3)9-15(14)7-13/h5-9,12H,10-11H2,1-4H3. The fraction of sp³-hybridized carbons (Fsp3) is 0.389. The molecular weight excluding hydrogens is 344 g/mol. The van der Waals surface area contributed by atoms with E-state index in [1.54, 1.807) is 37.7 Å². The van der Waals surface area contributed by atoms with Crippen LogP contribution in [0.3, 0.4) is 0 Å². The minimum atomic E-state index is -0.281. The largest absolute Gasteiger partial charge is 0.469 e. The Labute approximate surface area is 151 Å². The van der Waals surface area contributed by atoms with Gasteiger partial charge >= 0.3 is 5.97 Å². The fourth-order valence-corrected chi connectivity index (χ4v) is 3.99. The molecule has 0 aliphatic heterocycles. The Hall–Kier alpha value is -1.21. The third-order valence-electron chi connectivity index (χ3n) is 3.65. The summed E-state index contributed by atoms with van der Waals surface area (Å²) in [6.07, 6.45) is 0. The van der Waals surface area contributed by atoms with Crippen LogP contribution in [0.4, 0.5) is 0 Å². The summed E-state index contributed by atoms with van der Waals surface area (Å²) < 4.78 is 15.2. The van der Waals surface area contributed by atoms with E-state index in [1.807, 2.05) is 19.1 Å². The molecule has 0 radical (unpaired) electrons. The maximum atomic E-state index is 11.8. The zero-order valence-electron chi connectivity index (χ0n) is 14.3. The van der Waals surface area contributed by atoms with Crippen molar-refractivity contribution in [3.63, 3.8) is 0 Å². The summed E-state index contributed by atoms with van der Waals surface area (Å²) in [5.74, 6) is 0.681. The van der Waals surface area contributed by atoms with Gasteiger partial charge in [-0.3, -0.25) is 4.79 Å². The normalized spacial score (nSPS) is 12.3. The Morgan fingerprint density at radius 3 is 2.08 bits per heavy atom. The van der Waals surface area contributed by atoms with Crippen molar-refractivity contribution < 1.29 is 19.0 Å². The van der Waals surface area contributed by atoms with E-state index in [2.05, 4.69) is 18.2 Å². The topological polar surface area (TPSA) is 44.8 Å². The number of fused-ring (bicyclic) bond motifs is 1. The van der Waals surface area contributed by atoms with Gasteiger partial charge in [0.1, 0.15) is 0 Å². The SMILES string of the molecule is COCSc1cc2ccc(C(C)C(=O)OC)cc2cc1SCOC. The molecule has 0 spiro atoms. The smallest absolute Gasteiger partial charge is 0.312 e. The monoisotopic (exact) mass is 366 g/mol. The van der Waals surface area contributed by atoms with Crippen LogP contribution in [-0.4, -0.2) is 39.2 Å². The van der Waals surface area contributed by atoms with Gasteiger partial charge in [0.2, 0.25) is 0 Å². The summed E-state index contributed by atoms with van der Waals surface area (Å²) in [5, 5.41) is 2.24. The summed E-state index contributed by atoms with van der Waals surface area (Å²) in [7, 11) is 4.79. The first-order valence-corrected chi connectivity index (χ1v) is 9.46. The average Bonchev–Trinajstić information content (AvgIpc) is 2.62. The lowest BCUT2D eigenvalue weighted by Gasteiger charge is -2.13. The number of hydrogen-bond acceptors (Lipinski definition) is 6. The van der Waals surface area contributed by atoms with Gasteiger partial charge in [0, 0.05) is 24.0 Å². The van der Waals surface area contributed by atoms with Crippen LogP contribution in [0.25, 0.3) is 10.8 Å². The Balaban J connectivity index is 2.41. The molecule has 0 aromatic heterocycles. The number of methoxy groups -OCH3 is 3. The molecule has 0 N–H and O–H groups in total. The molecule has 130 valence electrons. The molecule has 2 rings (SSSR count). The van der Waals surface area contributed by atoms with Crippen LogP contribution in [0.2, 0.25) is 0 Å². The number of carbonyl (C=O) groups excluding carboxylic acids is 1. The van der Waals surface area contributed by atoms with Gasteiger partial charge < -0.3 is 14.2 Å². The summed E-state index contributed by atoms with van der Waals surface area (Å²) in [5.41, 5.74) is 0.953. The molecular formula is C18H22O4S2. The van der Waals surface area contributed by atoms with Crippen LogP contribution in [0.15, 0.2) is 40.1 Å². The molecule has 0 bridgehead atoms. The van der Waals surface area contributed by atoms with E-state index < -0.39 is 0 Å².